The molecule has 4 nitrogen and oxygen atoms in total. The van der Waals surface area contributed by atoms with Crippen LogP contribution in [0, 0.1) is 11.3 Å². The van der Waals surface area contributed by atoms with Gasteiger partial charge in [0.1, 0.15) is 0 Å². The molecule has 0 aliphatic heterocycles. The molecule has 0 amide bonds. The lowest BCUT2D eigenvalue weighted by atomic mass is 9.77. The van der Waals surface area contributed by atoms with E-state index in [4.69, 9.17) is 5.11 Å². The molecule has 0 aromatic rings. The van der Waals surface area contributed by atoms with Crippen LogP contribution in [0.3, 0.4) is 0 Å². The van der Waals surface area contributed by atoms with E-state index in [1.165, 1.54) is 38.5 Å². The van der Waals surface area contributed by atoms with Crippen molar-refractivity contribution >= 4 is 11.9 Å². The Bertz CT molecular complexity index is 336. The van der Waals surface area contributed by atoms with Gasteiger partial charge in [-0.1, -0.05) is 64.7 Å². The highest BCUT2D eigenvalue weighted by Crippen LogP contribution is 2.31. The number of carbonyl (C=O) groups is 2. The Morgan fingerprint density at radius 2 is 1.17 bits per heavy atom. The van der Waals surface area contributed by atoms with Crippen LogP contribution in [0.5, 0.6) is 0 Å². The molecule has 0 radical (unpaired) electrons. The van der Waals surface area contributed by atoms with E-state index in [0.29, 0.717) is 6.42 Å². The summed E-state index contributed by atoms with van der Waals surface area (Å²) >= 11 is 0. The van der Waals surface area contributed by atoms with E-state index in [9.17, 15) is 14.7 Å². The highest BCUT2D eigenvalue weighted by atomic mass is 16.4. The van der Waals surface area contributed by atoms with Crippen molar-refractivity contribution < 1.29 is 19.8 Å². The van der Waals surface area contributed by atoms with Crippen LogP contribution in [0.1, 0.15) is 97.8 Å². The number of unbranched alkanes of at least 4 members (excludes halogenated alkanes) is 9. The van der Waals surface area contributed by atoms with E-state index < -0.39 is 17.4 Å². The van der Waals surface area contributed by atoms with Crippen molar-refractivity contribution in [2.75, 3.05) is 0 Å². The van der Waals surface area contributed by atoms with Gasteiger partial charge in [0, 0.05) is 6.42 Å². The van der Waals surface area contributed by atoms with Gasteiger partial charge in [0.15, 0.2) is 0 Å². The van der Waals surface area contributed by atoms with Crippen LogP contribution in [0.15, 0.2) is 0 Å². The number of carboxylic acid groups (broad SMARTS) is 2. The highest BCUT2D eigenvalue weighted by Gasteiger charge is 2.33. The quantitative estimate of drug-likeness (QED) is 0.389. The van der Waals surface area contributed by atoms with Crippen LogP contribution in [0.4, 0.5) is 0 Å². The smallest absolute Gasteiger partial charge is 0.309 e. The zero-order chi connectivity index (χ0) is 17.7. The van der Waals surface area contributed by atoms with Gasteiger partial charge in [-0.3, -0.25) is 9.59 Å². The fourth-order valence-corrected chi connectivity index (χ4v) is 2.71. The highest BCUT2D eigenvalue weighted by molar-refractivity contribution is 5.73. The molecule has 0 bridgehead atoms. The Morgan fingerprint density at radius 3 is 1.57 bits per heavy atom. The maximum absolute atomic E-state index is 11.2. The van der Waals surface area contributed by atoms with Gasteiger partial charge in [-0.25, -0.2) is 0 Å². The molecule has 0 saturated heterocycles. The van der Waals surface area contributed by atoms with Gasteiger partial charge in [-0.2, -0.15) is 0 Å². The van der Waals surface area contributed by atoms with Gasteiger partial charge in [0.05, 0.1) is 5.41 Å². The first kappa shape index (κ1) is 21.9. The Hall–Kier alpha value is -1.06. The summed E-state index contributed by atoms with van der Waals surface area (Å²) in [5.41, 5.74) is -0.624. The Labute approximate surface area is 141 Å². The molecule has 0 aromatic heterocycles. The molecule has 0 aliphatic rings. The Kier molecular flexibility index (Phi) is 11.8. The lowest BCUT2D eigenvalue weighted by molar-refractivity contribution is -0.150. The number of hydrogen-bond donors (Lipinski definition) is 2. The van der Waals surface area contributed by atoms with Crippen LogP contribution in [-0.4, -0.2) is 22.2 Å². The molecule has 0 fully saturated rings. The Morgan fingerprint density at radius 1 is 0.783 bits per heavy atom. The molecule has 0 saturated carbocycles. The van der Waals surface area contributed by atoms with Crippen molar-refractivity contribution in [3.63, 3.8) is 0 Å². The predicted octanol–water partition coefficient (Wildman–Crippen LogP) is 5.50. The summed E-state index contributed by atoms with van der Waals surface area (Å²) in [7, 11) is 0. The summed E-state index contributed by atoms with van der Waals surface area (Å²) in [5.74, 6) is -1.18. The second-order valence-electron chi connectivity index (χ2n) is 7.40. The normalized spacial score (nSPS) is 13.0. The number of carboxylic acids is 2. The van der Waals surface area contributed by atoms with Crippen LogP contribution in [-0.2, 0) is 9.59 Å². The summed E-state index contributed by atoms with van der Waals surface area (Å²) < 4.78 is 0. The summed E-state index contributed by atoms with van der Waals surface area (Å²) in [6.07, 6.45) is 12.8. The van der Waals surface area contributed by atoms with E-state index in [2.05, 4.69) is 0 Å². The molecular formula is C19H36O4. The van der Waals surface area contributed by atoms with E-state index in [0.717, 1.165) is 32.1 Å². The van der Waals surface area contributed by atoms with Crippen LogP contribution in [0.2, 0.25) is 0 Å². The third kappa shape index (κ3) is 11.2. The molecule has 0 spiro atoms. The van der Waals surface area contributed by atoms with Gasteiger partial charge in [0.2, 0.25) is 0 Å². The standard InChI is InChI=1S/C19H36O4/c1-16(19(2,3)18(22)23)14-12-10-8-6-4-5-7-9-11-13-15-17(20)21/h16H,4-15H2,1-3H3,(H,20,21)(H,22,23). The average molecular weight is 328 g/mol. The van der Waals surface area contributed by atoms with Crippen molar-refractivity contribution in [3.8, 4) is 0 Å². The van der Waals surface area contributed by atoms with Gasteiger partial charge in [-0.05, 0) is 32.6 Å². The largest absolute Gasteiger partial charge is 0.481 e. The van der Waals surface area contributed by atoms with Gasteiger partial charge >= 0.3 is 11.9 Å². The van der Waals surface area contributed by atoms with Crippen molar-refractivity contribution in [3.05, 3.63) is 0 Å². The lowest BCUT2D eigenvalue weighted by Gasteiger charge is -2.27. The second kappa shape index (κ2) is 12.4. The zero-order valence-electron chi connectivity index (χ0n) is 15.3. The van der Waals surface area contributed by atoms with Crippen LogP contribution < -0.4 is 0 Å². The topological polar surface area (TPSA) is 74.6 Å². The molecule has 23 heavy (non-hydrogen) atoms. The van der Waals surface area contributed by atoms with Crippen molar-refractivity contribution in [2.24, 2.45) is 11.3 Å². The van der Waals surface area contributed by atoms with Crippen LogP contribution >= 0.6 is 0 Å². The minimum absolute atomic E-state index is 0.214. The van der Waals surface area contributed by atoms with Gasteiger partial charge in [0.25, 0.3) is 0 Å². The summed E-state index contributed by atoms with van der Waals surface area (Å²) in [6.45, 7) is 5.67. The van der Waals surface area contributed by atoms with E-state index in [-0.39, 0.29) is 5.92 Å². The minimum atomic E-state index is -0.701. The van der Waals surface area contributed by atoms with Crippen LogP contribution in [0.25, 0.3) is 0 Å². The molecule has 0 heterocycles. The van der Waals surface area contributed by atoms with E-state index in [1.54, 1.807) is 0 Å². The maximum Gasteiger partial charge on any atom is 0.309 e. The van der Waals surface area contributed by atoms with Gasteiger partial charge in [-0.15, -0.1) is 0 Å². The third-order valence-electron chi connectivity index (χ3n) is 5.06. The first-order valence-corrected chi connectivity index (χ1v) is 9.23. The number of aliphatic carboxylic acids is 2. The molecule has 0 rings (SSSR count). The maximum atomic E-state index is 11.2. The van der Waals surface area contributed by atoms with E-state index >= 15 is 0 Å². The molecule has 1 unspecified atom stereocenters. The molecule has 0 aromatic carbocycles. The van der Waals surface area contributed by atoms with Gasteiger partial charge < -0.3 is 10.2 Å². The second-order valence-corrected chi connectivity index (χ2v) is 7.40. The summed E-state index contributed by atoms with van der Waals surface area (Å²) in [4.78, 5) is 21.5. The van der Waals surface area contributed by atoms with Crippen molar-refractivity contribution in [1.82, 2.24) is 0 Å². The zero-order valence-corrected chi connectivity index (χ0v) is 15.3. The molecular weight excluding hydrogens is 292 g/mol. The molecule has 4 heteroatoms. The van der Waals surface area contributed by atoms with E-state index in [1.807, 2.05) is 20.8 Å². The lowest BCUT2D eigenvalue weighted by Crippen LogP contribution is -2.31. The van der Waals surface area contributed by atoms with Crippen molar-refractivity contribution in [1.29, 1.82) is 0 Å². The first-order chi connectivity index (χ1) is 10.8. The van der Waals surface area contributed by atoms with Crippen molar-refractivity contribution in [2.45, 2.75) is 97.8 Å². The number of rotatable bonds is 15. The fourth-order valence-electron chi connectivity index (χ4n) is 2.71. The third-order valence-corrected chi connectivity index (χ3v) is 5.06. The monoisotopic (exact) mass is 328 g/mol. The minimum Gasteiger partial charge on any atom is -0.481 e. The average Bonchev–Trinajstić information content (AvgIpc) is 2.47. The Balaban J connectivity index is 3.37. The first-order valence-electron chi connectivity index (χ1n) is 9.23. The summed E-state index contributed by atoms with van der Waals surface area (Å²) in [6, 6.07) is 0. The predicted molar refractivity (Wildman–Crippen MR) is 93.6 cm³/mol. The fraction of sp³-hybridized carbons (Fsp3) is 0.895. The number of hydrogen-bond acceptors (Lipinski definition) is 2. The molecule has 1 atom stereocenters. The SMILES string of the molecule is CC(CCCCCCCCCCCCC(=O)O)C(C)(C)C(=O)O. The molecule has 136 valence electrons. The molecule has 0 aliphatic carbocycles. The molecule has 2 N–H and O–H groups in total. The summed E-state index contributed by atoms with van der Waals surface area (Å²) in [5, 5.41) is 17.7.